The first-order valence-corrected chi connectivity index (χ1v) is 10.3. The van der Waals surface area contributed by atoms with E-state index in [1.54, 1.807) is 12.7 Å². The van der Waals surface area contributed by atoms with Gasteiger partial charge >= 0.3 is 0 Å². The molecule has 0 bridgehead atoms. The summed E-state index contributed by atoms with van der Waals surface area (Å²) in [6.45, 7) is 6.95. The Morgan fingerprint density at radius 3 is 2.70 bits per heavy atom. The van der Waals surface area contributed by atoms with Crippen LogP contribution in [-0.4, -0.2) is 62.4 Å². The molecule has 0 radical (unpaired) electrons. The molecule has 23 heavy (non-hydrogen) atoms. The average molecular weight is 338 g/mol. The number of aromatic nitrogens is 3. The van der Waals surface area contributed by atoms with Gasteiger partial charge in [0.25, 0.3) is 0 Å². The van der Waals surface area contributed by atoms with Crippen molar-refractivity contribution in [3.63, 3.8) is 0 Å². The maximum atomic E-state index is 4.19. The minimum Gasteiger partial charge on any atom is -0.312 e. The third-order valence-electron chi connectivity index (χ3n) is 5.50. The molecule has 1 unspecified atom stereocenters. The second-order valence-electron chi connectivity index (χ2n) is 7.11. The molecule has 1 aliphatic carbocycles. The first kappa shape index (κ1) is 17.2. The van der Waals surface area contributed by atoms with Crippen molar-refractivity contribution in [2.24, 2.45) is 0 Å². The zero-order valence-electron chi connectivity index (χ0n) is 14.4. The number of nitrogens with zero attached hydrogens (tertiary/aromatic N) is 4. The molecular weight excluding hydrogens is 306 g/mol. The van der Waals surface area contributed by atoms with E-state index in [4.69, 9.17) is 0 Å². The Hall–Kier alpha value is -0.590. The highest BCUT2D eigenvalue weighted by Crippen LogP contribution is 2.35. The topological polar surface area (TPSA) is 46.0 Å². The molecule has 1 aromatic heterocycles. The van der Waals surface area contributed by atoms with Gasteiger partial charge < -0.3 is 5.32 Å². The van der Waals surface area contributed by atoms with Gasteiger partial charge in [-0.2, -0.15) is 16.9 Å². The first-order valence-electron chi connectivity index (χ1n) is 9.17. The van der Waals surface area contributed by atoms with Crippen LogP contribution >= 0.6 is 11.8 Å². The molecule has 0 spiro atoms. The normalized spacial score (nSPS) is 23.7. The Kier molecular flexibility index (Phi) is 6.36. The molecule has 130 valence electrons. The summed E-state index contributed by atoms with van der Waals surface area (Å²) in [5.74, 6) is 2.62. The van der Waals surface area contributed by atoms with Gasteiger partial charge in [-0.1, -0.05) is 19.3 Å². The zero-order valence-corrected chi connectivity index (χ0v) is 15.2. The molecular formula is C17H31N5S. The van der Waals surface area contributed by atoms with Crippen molar-refractivity contribution < 1.29 is 0 Å². The van der Waals surface area contributed by atoms with Crippen molar-refractivity contribution in [2.45, 2.75) is 63.6 Å². The Morgan fingerprint density at radius 1 is 1.22 bits per heavy atom. The summed E-state index contributed by atoms with van der Waals surface area (Å²) in [6.07, 6.45) is 11.5. The summed E-state index contributed by atoms with van der Waals surface area (Å²) >= 11 is 2.11. The summed E-state index contributed by atoms with van der Waals surface area (Å²) in [5, 5.41) is 8.04. The Balaban J connectivity index is 1.51. The lowest BCUT2D eigenvalue weighted by molar-refractivity contribution is 0.0561. The number of aryl methyl sites for hydroxylation is 1. The van der Waals surface area contributed by atoms with Gasteiger partial charge in [0.05, 0.1) is 0 Å². The van der Waals surface area contributed by atoms with Crippen molar-refractivity contribution >= 4 is 11.8 Å². The van der Waals surface area contributed by atoms with Gasteiger partial charge in [0, 0.05) is 49.3 Å². The van der Waals surface area contributed by atoms with Crippen molar-refractivity contribution in [2.75, 3.05) is 31.1 Å². The lowest BCUT2D eigenvalue weighted by atomic mass is 9.79. The van der Waals surface area contributed by atoms with E-state index in [-0.39, 0.29) is 0 Å². The molecule has 1 aliphatic heterocycles. The van der Waals surface area contributed by atoms with Crippen LogP contribution in [0.25, 0.3) is 0 Å². The SMILES string of the molecule is CC(CCn1cncn1)NCC1(N2CCSCC2)CCCCC1. The van der Waals surface area contributed by atoms with Crippen LogP contribution in [0.2, 0.25) is 0 Å². The Morgan fingerprint density at radius 2 is 2.00 bits per heavy atom. The van der Waals surface area contributed by atoms with Crippen LogP contribution in [0.4, 0.5) is 0 Å². The van der Waals surface area contributed by atoms with E-state index in [2.05, 4.69) is 39.0 Å². The average Bonchev–Trinajstić information content (AvgIpc) is 3.13. The fourth-order valence-electron chi connectivity index (χ4n) is 3.99. The molecule has 5 nitrogen and oxygen atoms in total. The minimum atomic E-state index is 0.417. The highest BCUT2D eigenvalue weighted by Gasteiger charge is 2.38. The monoisotopic (exact) mass is 337 g/mol. The van der Waals surface area contributed by atoms with E-state index in [0.717, 1.165) is 19.5 Å². The standard InChI is InChI=1S/C17H31N5S/c1-16(5-8-22-15-18-14-20-22)19-13-17(6-3-2-4-7-17)21-9-11-23-12-10-21/h14-16,19H,2-13H2,1H3. The third-order valence-corrected chi connectivity index (χ3v) is 6.45. The van der Waals surface area contributed by atoms with E-state index in [9.17, 15) is 0 Å². The van der Waals surface area contributed by atoms with Gasteiger partial charge in [0.1, 0.15) is 12.7 Å². The van der Waals surface area contributed by atoms with Crippen molar-refractivity contribution in [1.29, 1.82) is 0 Å². The van der Waals surface area contributed by atoms with Gasteiger partial charge in [-0.25, -0.2) is 4.98 Å². The minimum absolute atomic E-state index is 0.417. The van der Waals surface area contributed by atoms with Crippen LogP contribution in [0.1, 0.15) is 45.4 Å². The molecule has 2 fully saturated rings. The summed E-state index contributed by atoms with van der Waals surface area (Å²) < 4.78 is 1.93. The van der Waals surface area contributed by atoms with Crippen LogP contribution in [0.5, 0.6) is 0 Å². The van der Waals surface area contributed by atoms with Crippen LogP contribution in [-0.2, 0) is 6.54 Å². The summed E-state index contributed by atoms with van der Waals surface area (Å²) in [7, 11) is 0. The number of rotatable bonds is 7. The van der Waals surface area contributed by atoms with Crippen LogP contribution in [0.15, 0.2) is 12.7 Å². The predicted octanol–water partition coefficient (Wildman–Crippen LogP) is 2.40. The van der Waals surface area contributed by atoms with Crippen molar-refractivity contribution in [3.8, 4) is 0 Å². The third kappa shape index (κ3) is 4.70. The molecule has 1 atom stereocenters. The summed E-state index contributed by atoms with van der Waals surface area (Å²) in [4.78, 5) is 6.82. The van der Waals surface area contributed by atoms with Gasteiger partial charge in [-0.3, -0.25) is 9.58 Å². The predicted molar refractivity (Wildman–Crippen MR) is 96.8 cm³/mol. The van der Waals surface area contributed by atoms with Gasteiger partial charge in [-0.05, 0) is 26.2 Å². The Labute approximate surface area is 144 Å². The van der Waals surface area contributed by atoms with Crippen molar-refractivity contribution in [1.82, 2.24) is 25.0 Å². The molecule has 6 heteroatoms. The lowest BCUT2D eigenvalue weighted by Gasteiger charge is -2.48. The maximum absolute atomic E-state index is 4.19. The van der Waals surface area contributed by atoms with E-state index >= 15 is 0 Å². The quantitative estimate of drug-likeness (QED) is 0.828. The molecule has 1 saturated carbocycles. The largest absolute Gasteiger partial charge is 0.312 e. The highest BCUT2D eigenvalue weighted by molar-refractivity contribution is 7.99. The van der Waals surface area contributed by atoms with E-state index < -0.39 is 0 Å². The van der Waals surface area contributed by atoms with Crippen LogP contribution in [0.3, 0.4) is 0 Å². The second-order valence-corrected chi connectivity index (χ2v) is 8.34. The first-order chi connectivity index (χ1) is 11.3. The lowest BCUT2D eigenvalue weighted by Crippen LogP contribution is -2.59. The molecule has 1 aromatic rings. The van der Waals surface area contributed by atoms with Crippen LogP contribution < -0.4 is 5.32 Å². The van der Waals surface area contributed by atoms with E-state index in [0.29, 0.717) is 11.6 Å². The van der Waals surface area contributed by atoms with Crippen LogP contribution in [0, 0.1) is 0 Å². The maximum Gasteiger partial charge on any atom is 0.137 e. The van der Waals surface area contributed by atoms with Crippen molar-refractivity contribution in [3.05, 3.63) is 12.7 Å². The summed E-state index contributed by atoms with van der Waals surface area (Å²) in [5.41, 5.74) is 0.417. The second kappa shape index (κ2) is 8.49. The fourth-order valence-corrected chi connectivity index (χ4v) is 4.90. The van der Waals surface area contributed by atoms with Gasteiger partial charge in [0.2, 0.25) is 0 Å². The molecule has 0 aromatic carbocycles. The number of hydrogen-bond donors (Lipinski definition) is 1. The smallest absolute Gasteiger partial charge is 0.137 e. The number of thioether (sulfide) groups is 1. The number of nitrogens with one attached hydrogen (secondary N) is 1. The molecule has 2 aliphatic rings. The summed E-state index contributed by atoms with van der Waals surface area (Å²) in [6, 6.07) is 0.525. The van der Waals surface area contributed by atoms with Gasteiger partial charge in [-0.15, -0.1) is 0 Å². The molecule has 1 N–H and O–H groups in total. The molecule has 0 amide bonds. The van der Waals surface area contributed by atoms with Gasteiger partial charge in [0.15, 0.2) is 0 Å². The molecule has 1 saturated heterocycles. The van der Waals surface area contributed by atoms with E-state index in [1.165, 1.54) is 56.7 Å². The molecule has 2 heterocycles. The zero-order chi connectivity index (χ0) is 16.0. The Bertz CT molecular complexity index is 438. The highest BCUT2D eigenvalue weighted by atomic mass is 32.2. The van der Waals surface area contributed by atoms with E-state index in [1.807, 2.05) is 4.68 Å². The molecule has 3 rings (SSSR count). The number of hydrogen-bond acceptors (Lipinski definition) is 5. The fraction of sp³-hybridized carbons (Fsp3) is 0.882.